The van der Waals surface area contributed by atoms with Crippen molar-refractivity contribution in [1.82, 2.24) is 4.90 Å². The number of carbonyl (C=O) groups excluding carboxylic acids is 1. The van der Waals surface area contributed by atoms with Crippen molar-refractivity contribution < 1.29 is 19.1 Å². The van der Waals surface area contributed by atoms with Crippen LogP contribution in [0.25, 0.3) is 0 Å². The number of carbonyl (C=O) groups is 2. The van der Waals surface area contributed by atoms with Crippen LogP contribution in [-0.4, -0.2) is 39.7 Å². The molecule has 0 spiro atoms. The summed E-state index contributed by atoms with van der Waals surface area (Å²) in [5, 5.41) is 9.19. The van der Waals surface area contributed by atoms with Crippen molar-refractivity contribution in [3.63, 3.8) is 0 Å². The van der Waals surface area contributed by atoms with Crippen molar-refractivity contribution in [2.45, 2.75) is 36.2 Å². The Labute approximate surface area is 126 Å². The van der Waals surface area contributed by atoms with E-state index < -0.39 is 11.9 Å². The summed E-state index contributed by atoms with van der Waals surface area (Å²) in [7, 11) is 0. The maximum atomic E-state index is 12.8. The van der Waals surface area contributed by atoms with Gasteiger partial charge in [-0.15, -0.1) is 11.8 Å². The van der Waals surface area contributed by atoms with Crippen LogP contribution in [0.3, 0.4) is 0 Å². The molecule has 0 saturated carbocycles. The molecule has 3 atom stereocenters. The first-order valence-electron chi connectivity index (χ1n) is 6.98. The van der Waals surface area contributed by atoms with E-state index in [0.29, 0.717) is 6.42 Å². The average Bonchev–Trinajstić information content (AvgIpc) is 3.04. The number of halogens is 1. The molecule has 1 aromatic rings. The van der Waals surface area contributed by atoms with Crippen LogP contribution >= 0.6 is 11.8 Å². The number of carboxylic acids is 1. The van der Waals surface area contributed by atoms with E-state index in [1.54, 1.807) is 17.0 Å². The van der Waals surface area contributed by atoms with Crippen LogP contribution in [0.2, 0.25) is 0 Å². The molecule has 21 heavy (non-hydrogen) atoms. The van der Waals surface area contributed by atoms with Crippen LogP contribution in [-0.2, 0) is 9.59 Å². The summed E-state index contributed by atoms with van der Waals surface area (Å²) in [6.07, 6.45) is 2.27. The lowest BCUT2D eigenvalue weighted by Crippen LogP contribution is -2.38. The Hall–Kier alpha value is -1.56. The second-order valence-corrected chi connectivity index (χ2v) is 6.57. The first kappa shape index (κ1) is 14.4. The van der Waals surface area contributed by atoms with Crippen LogP contribution in [0.5, 0.6) is 0 Å². The van der Waals surface area contributed by atoms with Crippen LogP contribution in [0.4, 0.5) is 4.39 Å². The largest absolute Gasteiger partial charge is 0.481 e. The molecule has 3 rings (SSSR count). The molecule has 1 N–H and O–H groups in total. The summed E-state index contributed by atoms with van der Waals surface area (Å²) in [4.78, 5) is 26.2. The number of rotatable bonds is 4. The molecule has 0 aromatic heterocycles. The minimum absolute atomic E-state index is 0.0134. The highest BCUT2D eigenvalue weighted by atomic mass is 32.2. The molecule has 1 aromatic carbocycles. The minimum Gasteiger partial charge on any atom is -0.481 e. The number of aliphatic carboxylic acids is 1. The number of nitrogens with zero attached hydrogens (tertiary/aromatic N) is 1. The third-order valence-electron chi connectivity index (χ3n) is 4.32. The summed E-state index contributed by atoms with van der Waals surface area (Å²) in [6, 6.07) is 5.96. The predicted molar refractivity (Wildman–Crippen MR) is 76.5 cm³/mol. The van der Waals surface area contributed by atoms with E-state index in [1.807, 2.05) is 0 Å². The quantitative estimate of drug-likeness (QED) is 0.868. The zero-order chi connectivity index (χ0) is 15.0. The molecule has 0 radical (unpaired) electrons. The normalized spacial score (nSPS) is 27.1. The Morgan fingerprint density at radius 3 is 2.62 bits per heavy atom. The SMILES string of the molecule is O=C(O)C1CC2CCC1N2C(=O)CSc1ccc(F)cc1. The van der Waals surface area contributed by atoms with Crippen LogP contribution in [0.1, 0.15) is 19.3 Å². The number of carboxylic acid groups (broad SMARTS) is 1. The van der Waals surface area contributed by atoms with E-state index in [9.17, 15) is 19.1 Å². The number of thioether (sulfide) groups is 1. The van der Waals surface area contributed by atoms with Gasteiger partial charge in [0.15, 0.2) is 0 Å². The molecule has 6 heteroatoms. The Bertz CT molecular complexity index is 563. The number of hydrogen-bond donors (Lipinski definition) is 1. The van der Waals surface area contributed by atoms with Crippen LogP contribution in [0, 0.1) is 11.7 Å². The van der Waals surface area contributed by atoms with Crippen molar-refractivity contribution in [3.05, 3.63) is 30.1 Å². The zero-order valence-corrected chi connectivity index (χ0v) is 12.2. The number of amides is 1. The molecule has 2 fully saturated rings. The topological polar surface area (TPSA) is 57.6 Å². The third kappa shape index (κ3) is 2.77. The maximum absolute atomic E-state index is 12.8. The fraction of sp³-hybridized carbons (Fsp3) is 0.467. The van der Waals surface area contributed by atoms with E-state index in [2.05, 4.69) is 0 Å². The van der Waals surface area contributed by atoms with E-state index in [0.717, 1.165) is 17.7 Å². The van der Waals surface area contributed by atoms with Gasteiger partial charge in [-0.05, 0) is 43.5 Å². The molecule has 2 saturated heterocycles. The van der Waals surface area contributed by atoms with Gasteiger partial charge < -0.3 is 10.0 Å². The number of benzene rings is 1. The summed E-state index contributed by atoms with van der Waals surface area (Å²) < 4.78 is 12.8. The summed E-state index contributed by atoms with van der Waals surface area (Å²) in [5.74, 6) is -1.26. The molecule has 3 unspecified atom stereocenters. The van der Waals surface area contributed by atoms with Gasteiger partial charge in [0.25, 0.3) is 0 Å². The molecule has 2 aliphatic heterocycles. The minimum atomic E-state index is -0.800. The van der Waals surface area contributed by atoms with Crippen molar-refractivity contribution in [3.8, 4) is 0 Å². The van der Waals surface area contributed by atoms with Gasteiger partial charge in [0.1, 0.15) is 5.82 Å². The van der Waals surface area contributed by atoms with Gasteiger partial charge in [-0.2, -0.15) is 0 Å². The van der Waals surface area contributed by atoms with Crippen LogP contribution < -0.4 is 0 Å². The molecular formula is C15H16FNO3S. The average molecular weight is 309 g/mol. The smallest absolute Gasteiger partial charge is 0.308 e. The first-order chi connectivity index (χ1) is 10.1. The molecule has 112 valence electrons. The van der Waals surface area contributed by atoms with Gasteiger partial charge >= 0.3 is 5.97 Å². The second kappa shape index (κ2) is 5.67. The lowest BCUT2D eigenvalue weighted by Gasteiger charge is -2.22. The van der Waals surface area contributed by atoms with Gasteiger partial charge in [0.05, 0.1) is 11.7 Å². The summed E-state index contributed by atoms with van der Waals surface area (Å²) in [6.45, 7) is 0. The monoisotopic (exact) mass is 309 g/mol. The molecule has 1 amide bonds. The highest BCUT2D eigenvalue weighted by molar-refractivity contribution is 8.00. The Morgan fingerprint density at radius 2 is 2.00 bits per heavy atom. The van der Waals surface area contributed by atoms with Gasteiger partial charge in [0, 0.05) is 17.0 Å². The van der Waals surface area contributed by atoms with Crippen molar-refractivity contribution in [2.75, 3.05) is 5.75 Å². The van der Waals surface area contributed by atoms with E-state index >= 15 is 0 Å². The summed E-state index contributed by atoms with van der Waals surface area (Å²) in [5.41, 5.74) is 0. The molecular weight excluding hydrogens is 293 g/mol. The van der Waals surface area contributed by atoms with E-state index in [4.69, 9.17) is 0 Å². The third-order valence-corrected chi connectivity index (χ3v) is 5.31. The summed E-state index contributed by atoms with van der Waals surface area (Å²) >= 11 is 1.36. The Balaban J connectivity index is 1.61. The fourth-order valence-electron chi connectivity index (χ4n) is 3.39. The van der Waals surface area contributed by atoms with Crippen molar-refractivity contribution in [2.24, 2.45) is 5.92 Å². The number of hydrogen-bond acceptors (Lipinski definition) is 3. The highest BCUT2D eigenvalue weighted by Gasteiger charge is 2.50. The molecule has 2 aliphatic rings. The number of fused-ring (bicyclic) bond motifs is 2. The van der Waals surface area contributed by atoms with Gasteiger partial charge in [-0.25, -0.2) is 4.39 Å². The predicted octanol–water partition coefficient (Wildman–Crippen LogP) is 2.38. The molecule has 4 nitrogen and oxygen atoms in total. The maximum Gasteiger partial charge on any atom is 0.308 e. The Morgan fingerprint density at radius 1 is 1.29 bits per heavy atom. The molecule has 2 bridgehead atoms. The highest BCUT2D eigenvalue weighted by Crippen LogP contribution is 2.42. The fourth-order valence-corrected chi connectivity index (χ4v) is 4.16. The standard InChI is InChI=1S/C15H16FNO3S/c16-9-1-4-11(5-2-9)21-8-14(18)17-10-3-6-13(17)12(7-10)15(19)20/h1-2,4-5,10,12-13H,3,6-8H2,(H,19,20). The van der Waals surface area contributed by atoms with Gasteiger partial charge in [0.2, 0.25) is 5.91 Å². The van der Waals surface area contributed by atoms with Gasteiger partial charge in [-0.1, -0.05) is 0 Å². The van der Waals surface area contributed by atoms with E-state index in [-0.39, 0.29) is 29.6 Å². The van der Waals surface area contributed by atoms with Gasteiger partial charge in [-0.3, -0.25) is 9.59 Å². The van der Waals surface area contributed by atoms with Crippen molar-refractivity contribution in [1.29, 1.82) is 0 Å². The van der Waals surface area contributed by atoms with Crippen molar-refractivity contribution >= 4 is 23.6 Å². The first-order valence-corrected chi connectivity index (χ1v) is 7.97. The lowest BCUT2D eigenvalue weighted by atomic mass is 9.89. The second-order valence-electron chi connectivity index (χ2n) is 5.52. The van der Waals surface area contributed by atoms with Crippen LogP contribution in [0.15, 0.2) is 29.2 Å². The lowest BCUT2D eigenvalue weighted by molar-refractivity contribution is -0.143. The molecule has 0 aliphatic carbocycles. The molecule has 2 heterocycles. The Kier molecular flexibility index (Phi) is 3.89. The van der Waals surface area contributed by atoms with E-state index in [1.165, 1.54) is 23.9 Å². The zero-order valence-electron chi connectivity index (χ0n) is 11.4.